The van der Waals surface area contributed by atoms with E-state index in [4.69, 9.17) is 0 Å². The maximum absolute atomic E-state index is 12.2. The van der Waals surface area contributed by atoms with E-state index < -0.39 is 0 Å². The summed E-state index contributed by atoms with van der Waals surface area (Å²) in [6.07, 6.45) is 2.30. The fraction of sp³-hybridized carbons (Fsp3) is 0.357. The SMILES string of the molecule is CCc1nn(C)cc1C(=O)CC(=O)c1sccc1C. The standard InChI is InChI=1S/C14H16N2O2S/c1-4-11-10(8-16(3)15-11)12(17)7-13(18)14-9(2)5-6-19-14/h5-6,8H,4,7H2,1-3H3. The fourth-order valence-electron chi connectivity index (χ4n) is 2.01. The van der Waals surface area contributed by atoms with Crippen LogP contribution in [0.1, 0.15) is 44.6 Å². The van der Waals surface area contributed by atoms with Gasteiger partial charge in [0.2, 0.25) is 0 Å². The average Bonchev–Trinajstić information content (AvgIpc) is 2.94. The summed E-state index contributed by atoms with van der Waals surface area (Å²) >= 11 is 1.39. The van der Waals surface area contributed by atoms with Gasteiger partial charge in [-0.2, -0.15) is 5.10 Å². The molecule has 0 saturated heterocycles. The quantitative estimate of drug-likeness (QED) is 0.623. The number of aromatic nitrogens is 2. The molecule has 0 aliphatic rings. The summed E-state index contributed by atoms with van der Waals surface area (Å²) < 4.78 is 1.62. The molecule has 2 aromatic heterocycles. The van der Waals surface area contributed by atoms with Crippen molar-refractivity contribution in [3.8, 4) is 0 Å². The van der Waals surface area contributed by atoms with Crippen LogP contribution in [0.2, 0.25) is 0 Å². The van der Waals surface area contributed by atoms with Gasteiger partial charge in [-0.3, -0.25) is 14.3 Å². The molecule has 0 bridgehead atoms. The first-order valence-corrected chi connectivity index (χ1v) is 7.04. The van der Waals surface area contributed by atoms with Gasteiger partial charge in [0.15, 0.2) is 11.6 Å². The molecule has 0 atom stereocenters. The van der Waals surface area contributed by atoms with Crippen molar-refractivity contribution in [1.82, 2.24) is 9.78 Å². The molecule has 2 aromatic rings. The Hall–Kier alpha value is -1.75. The summed E-state index contributed by atoms with van der Waals surface area (Å²) in [4.78, 5) is 24.9. The number of nitrogens with zero attached hydrogens (tertiary/aromatic N) is 2. The van der Waals surface area contributed by atoms with Gasteiger partial charge in [0, 0.05) is 13.2 Å². The minimum absolute atomic E-state index is 0.0833. The second-order valence-electron chi connectivity index (χ2n) is 4.47. The third kappa shape index (κ3) is 2.81. The topological polar surface area (TPSA) is 52.0 Å². The summed E-state index contributed by atoms with van der Waals surface area (Å²) in [5, 5.41) is 6.09. The van der Waals surface area contributed by atoms with Crippen molar-refractivity contribution in [2.75, 3.05) is 0 Å². The van der Waals surface area contributed by atoms with E-state index in [1.54, 1.807) is 17.9 Å². The van der Waals surface area contributed by atoms with E-state index >= 15 is 0 Å². The van der Waals surface area contributed by atoms with Crippen LogP contribution in [0.5, 0.6) is 0 Å². The highest BCUT2D eigenvalue weighted by Crippen LogP contribution is 2.19. The first-order valence-electron chi connectivity index (χ1n) is 6.16. The van der Waals surface area contributed by atoms with Crippen LogP contribution >= 0.6 is 11.3 Å². The second-order valence-corrected chi connectivity index (χ2v) is 5.39. The average molecular weight is 276 g/mol. The molecule has 0 radical (unpaired) electrons. The molecule has 4 nitrogen and oxygen atoms in total. The predicted molar refractivity (Wildman–Crippen MR) is 74.9 cm³/mol. The number of ketones is 2. The summed E-state index contributed by atoms with van der Waals surface area (Å²) in [6.45, 7) is 3.83. The number of carbonyl (C=O) groups is 2. The van der Waals surface area contributed by atoms with E-state index in [2.05, 4.69) is 5.10 Å². The highest BCUT2D eigenvalue weighted by molar-refractivity contribution is 7.12. The first-order chi connectivity index (χ1) is 9.02. The van der Waals surface area contributed by atoms with Crippen LogP contribution in [-0.4, -0.2) is 21.3 Å². The lowest BCUT2D eigenvalue weighted by Gasteiger charge is -2.00. The Kier molecular flexibility index (Phi) is 3.95. The zero-order chi connectivity index (χ0) is 14.0. The monoisotopic (exact) mass is 276 g/mol. The number of hydrogen-bond donors (Lipinski definition) is 0. The molecule has 0 aliphatic carbocycles. The van der Waals surface area contributed by atoms with Crippen molar-refractivity contribution >= 4 is 22.9 Å². The van der Waals surface area contributed by atoms with Gasteiger partial charge in [0.05, 0.1) is 22.6 Å². The zero-order valence-electron chi connectivity index (χ0n) is 11.3. The third-order valence-corrected chi connectivity index (χ3v) is 4.03. The molecular weight excluding hydrogens is 260 g/mol. The molecule has 0 aliphatic heterocycles. The largest absolute Gasteiger partial charge is 0.294 e. The maximum atomic E-state index is 12.2. The van der Waals surface area contributed by atoms with Crippen molar-refractivity contribution in [2.45, 2.75) is 26.7 Å². The van der Waals surface area contributed by atoms with E-state index in [0.717, 1.165) is 11.3 Å². The van der Waals surface area contributed by atoms with Crippen LogP contribution in [0.3, 0.4) is 0 Å². The molecular formula is C14H16N2O2S. The van der Waals surface area contributed by atoms with Crippen LogP contribution in [0, 0.1) is 6.92 Å². The Morgan fingerprint density at radius 1 is 1.37 bits per heavy atom. The third-order valence-electron chi connectivity index (χ3n) is 2.98. The Balaban J connectivity index is 2.17. The smallest absolute Gasteiger partial charge is 0.180 e. The van der Waals surface area contributed by atoms with Crippen LogP contribution in [0.15, 0.2) is 17.6 Å². The van der Waals surface area contributed by atoms with Crippen LogP contribution in [0.4, 0.5) is 0 Å². The minimum Gasteiger partial charge on any atom is -0.294 e. The number of thiophene rings is 1. The normalized spacial score (nSPS) is 10.7. The molecule has 19 heavy (non-hydrogen) atoms. The summed E-state index contributed by atoms with van der Waals surface area (Å²) in [7, 11) is 1.78. The lowest BCUT2D eigenvalue weighted by Crippen LogP contribution is -2.09. The van der Waals surface area contributed by atoms with Crippen molar-refractivity contribution in [3.05, 3.63) is 39.3 Å². The summed E-state index contributed by atoms with van der Waals surface area (Å²) in [5.41, 5.74) is 2.25. The highest BCUT2D eigenvalue weighted by atomic mass is 32.1. The van der Waals surface area contributed by atoms with Crippen LogP contribution < -0.4 is 0 Å². The van der Waals surface area contributed by atoms with Gasteiger partial charge in [-0.15, -0.1) is 11.3 Å². The van der Waals surface area contributed by atoms with Gasteiger partial charge in [0.1, 0.15) is 0 Å². The van der Waals surface area contributed by atoms with Crippen LogP contribution in [-0.2, 0) is 13.5 Å². The van der Waals surface area contributed by atoms with E-state index in [1.807, 2.05) is 25.3 Å². The Morgan fingerprint density at radius 2 is 2.11 bits per heavy atom. The van der Waals surface area contributed by atoms with Gasteiger partial charge in [-0.25, -0.2) is 0 Å². The highest BCUT2D eigenvalue weighted by Gasteiger charge is 2.20. The molecule has 0 aromatic carbocycles. The molecule has 0 N–H and O–H groups in total. The van der Waals surface area contributed by atoms with Gasteiger partial charge in [-0.05, 0) is 30.4 Å². The molecule has 100 valence electrons. The summed E-state index contributed by atoms with van der Waals surface area (Å²) in [5.74, 6) is -0.258. The molecule has 0 saturated carbocycles. The molecule has 5 heteroatoms. The molecule has 0 unspecified atom stereocenters. The summed E-state index contributed by atoms with van der Waals surface area (Å²) in [6, 6.07) is 1.89. The van der Waals surface area contributed by atoms with E-state index in [1.165, 1.54) is 11.3 Å². The molecule has 2 heterocycles. The Morgan fingerprint density at radius 3 is 2.68 bits per heavy atom. The Labute approximate surface area is 116 Å². The van der Waals surface area contributed by atoms with E-state index in [9.17, 15) is 9.59 Å². The minimum atomic E-state index is -0.150. The number of Topliss-reactive ketones (excluding diaryl/α,β-unsaturated/α-hetero) is 2. The number of hydrogen-bond acceptors (Lipinski definition) is 4. The molecule has 0 amide bonds. The van der Waals surface area contributed by atoms with E-state index in [-0.39, 0.29) is 18.0 Å². The fourth-order valence-corrected chi connectivity index (χ4v) is 2.87. The first kappa shape index (κ1) is 13.7. The molecule has 0 fully saturated rings. The lowest BCUT2D eigenvalue weighted by atomic mass is 10.0. The van der Waals surface area contributed by atoms with Gasteiger partial charge >= 0.3 is 0 Å². The maximum Gasteiger partial charge on any atom is 0.180 e. The van der Waals surface area contributed by atoms with Crippen molar-refractivity contribution < 1.29 is 9.59 Å². The van der Waals surface area contributed by atoms with E-state index in [0.29, 0.717) is 16.9 Å². The molecule has 0 spiro atoms. The Bertz CT molecular complexity index is 625. The molecule has 2 rings (SSSR count). The van der Waals surface area contributed by atoms with Crippen molar-refractivity contribution in [2.24, 2.45) is 7.05 Å². The van der Waals surface area contributed by atoms with Crippen molar-refractivity contribution in [1.29, 1.82) is 0 Å². The number of rotatable bonds is 5. The van der Waals surface area contributed by atoms with Crippen LogP contribution in [0.25, 0.3) is 0 Å². The van der Waals surface area contributed by atoms with Gasteiger partial charge < -0.3 is 0 Å². The lowest BCUT2D eigenvalue weighted by molar-refractivity contribution is 0.0896. The van der Waals surface area contributed by atoms with Crippen molar-refractivity contribution in [3.63, 3.8) is 0 Å². The zero-order valence-corrected chi connectivity index (χ0v) is 12.1. The van der Waals surface area contributed by atoms with Gasteiger partial charge in [0.25, 0.3) is 0 Å². The number of carbonyl (C=O) groups excluding carboxylic acids is 2. The second kappa shape index (κ2) is 5.48. The number of aryl methyl sites for hydroxylation is 3. The van der Waals surface area contributed by atoms with Gasteiger partial charge in [-0.1, -0.05) is 6.92 Å². The predicted octanol–water partition coefficient (Wildman–Crippen LogP) is 2.81.